The molecule has 0 N–H and O–H groups in total. The summed E-state index contributed by atoms with van der Waals surface area (Å²) in [4.78, 5) is 3.84. The fourth-order valence-corrected chi connectivity index (χ4v) is 3.98. The first kappa shape index (κ1) is 18.5. The maximum atomic E-state index is 14.8. The second kappa shape index (κ2) is 6.36. The van der Waals surface area contributed by atoms with E-state index in [0.717, 1.165) is 16.8 Å². The topological polar surface area (TPSA) is 29.9 Å². The van der Waals surface area contributed by atoms with Crippen molar-refractivity contribution in [1.82, 2.24) is 4.98 Å². The number of aryl methyl sites for hydroxylation is 3. The molecular formula is C23H23F2N2O+. The van der Waals surface area contributed by atoms with E-state index in [-0.39, 0.29) is 16.7 Å². The molecule has 0 amide bonds. The van der Waals surface area contributed by atoms with Gasteiger partial charge in [0.1, 0.15) is 12.9 Å². The van der Waals surface area contributed by atoms with Gasteiger partial charge >= 0.3 is 0 Å². The highest BCUT2D eigenvalue weighted by Gasteiger charge is 2.25. The number of benzene rings is 1. The molecule has 0 saturated heterocycles. The number of rotatable bonds is 2. The van der Waals surface area contributed by atoms with Crippen molar-refractivity contribution in [3.63, 3.8) is 0 Å². The molecule has 144 valence electrons. The zero-order valence-corrected chi connectivity index (χ0v) is 16.9. The maximum Gasteiger partial charge on any atom is 0.232 e. The molecule has 0 aliphatic heterocycles. The quantitative estimate of drug-likeness (QED) is 0.324. The molecule has 4 rings (SSSR count). The fourth-order valence-electron chi connectivity index (χ4n) is 3.98. The molecule has 0 atom stereocenters. The van der Waals surface area contributed by atoms with E-state index in [1.807, 2.05) is 30.7 Å². The van der Waals surface area contributed by atoms with Crippen LogP contribution in [0.2, 0.25) is 0 Å². The molecule has 28 heavy (non-hydrogen) atoms. The first-order valence-corrected chi connectivity index (χ1v) is 9.38. The van der Waals surface area contributed by atoms with Gasteiger partial charge in [-0.25, -0.2) is 8.96 Å². The van der Waals surface area contributed by atoms with Gasteiger partial charge in [-0.1, -0.05) is 26.0 Å². The third kappa shape index (κ3) is 2.60. The maximum absolute atomic E-state index is 14.8. The Bertz CT molecular complexity index is 1260. The van der Waals surface area contributed by atoms with Gasteiger partial charge in [0.15, 0.2) is 11.8 Å². The van der Waals surface area contributed by atoms with Crippen molar-refractivity contribution < 1.29 is 17.8 Å². The monoisotopic (exact) mass is 381 g/mol. The lowest BCUT2D eigenvalue weighted by atomic mass is 9.94. The van der Waals surface area contributed by atoms with Crippen LogP contribution in [0, 0.1) is 32.5 Å². The van der Waals surface area contributed by atoms with E-state index < -0.39 is 11.8 Å². The van der Waals surface area contributed by atoms with Crippen LogP contribution in [0.1, 0.15) is 42.0 Å². The highest BCUT2D eigenvalue weighted by Crippen LogP contribution is 2.38. The van der Waals surface area contributed by atoms with Crippen LogP contribution in [-0.2, 0) is 7.05 Å². The second-order valence-corrected chi connectivity index (χ2v) is 7.82. The van der Waals surface area contributed by atoms with E-state index in [1.165, 1.54) is 18.1 Å². The van der Waals surface area contributed by atoms with Crippen LogP contribution in [-0.4, -0.2) is 4.98 Å². The molecule has 0 fully saturated rings. The van der Waals surface area contributed by atoms with Crippen LogP contribution >= 0.6 is 0 Å². The Labute approximate surface area is 162 Å². The van der Waals surface area contributed by atoms with Crippen molar-refractivity contribution in [3.8, 4) is 11.3 Å². The largest absolute Gasteiger partial charge is 0.437 e. The minimum Gasteiger partial charge on any atom is -0.437 e. The molecule has 3 heterocycles. The van der Waals surface area contributed by atoms with E-state index >= 15 is 0 Å². The van der Waals surface area contributed by atoms with Crippen LogP contribution in [0.3, 0.4) is 0 Å². The first-order chi connectivity index (χ1) is 13.2. The van der Waals surface area contributed by atoms with Gasteiger partial charge in [-0.05, 0) is 37.8 Å². The number of nitrogens with zero attached hydrogens (tertiary/aromatic N) is 2. The second-order valence-electron chi connectivity index (χ2n) is 7.82. The van der Waals surface area contributed by atoms with Crippen molar-refractivity contribution in [3.05, 3.63) is 58.4 Å². The highest BCUT2D eigenvalue weighted by molar-refractivity contribution is 6.09. The summed E-state index contributed by atoms with van der Waals surface area (Å²) < 4.78 is 36.8. The Morgan fingerprint density at radius 2 is 1.79 bits per heavy atom. The average Bonchev–Trinajstić information content (AvgIpc) is 2.98. The minimum absolute atomic E-state index is 0.0127. The molecule has 0 unspecified atom stereocenters. The number of aromatic nitrogens is 2. The standard InChI is InChI=1S/C23H23F2N2O/c1-11(2)16-9-17(27(6)10-13(16)4)18-12(3)7-8-15-19-20(24)14(5)22(25)26-23(19)28-21(15)18/h7-11H,1-6H3/q+1. The first-order valence-electron chi connectivity index (χ1n) is 9.38. The number of pyridine rings is 2. The van der Waals surface area contributed by atoms with Crippen LogP contribution in [0.4, 0.5) is 8.78 Å². The van der Waals surface area contributed by atoms with Gasteiger partial charge in [0, 0.05) is 22.6 Å². The van der Waals surface area contributed by atoms with Gasteiger partial charge in [-0.2, -0.15) is 9.37 Å². The number of hydrogen-bond acceptors (Lipinski definition) is 2. The molecular weight excluding hydrogens is 358 g/mol. The van der Waals surface area contributed by atoms with Gasteiger partial charge in [0.25, 0.3) is 0 Å². The Balaban J connectivity index is 2.14. The number of fused-ring (bicyclic) bond motifs is 3. The van der Waals surface area contributed by atoms with Gasteiger partial charge in [0.05, 0.1) is 10.9 Å². The van der Waals surface area contributed by atoms with Crippen molar-refractivity contribution in [2.24, 2.45) is 7.05 Å². The lowest BCUT2D eigenvalue weighted by Crippen LogP contribution is -2.32. The van der Waals surface area contributed by atoms with Crippen LogP contribution < -0.4 is 4.57 Å². The molecule has 0 spiro atoms. The van der Waals surface area contributed by atoms with E-state index in [0.29, 0.717) is 16.9 Å². The zero-order valence-electron chi connectivity index (χ0n) is 16.9. The third-order valence-electron chi connectivity index (χ3n) is 5.50. The Morgan fingerprint density at radius 3 is 2.46 bits per heavy atom. The van der Waals surface area contributed by atoms with E-state index in [2.05, 4.69) is 38.0 Å². The van der Waals surface area contributed by atoms with Gasteiger partial charge in [-0.15, -0.1) is 0 Å². The molecule has 0 radical (unpaired) electrons. The van der Waals surface area contributed by atoms with Crippen molar-refractivity contribution >= 4 is 22.1 Å². The summed E-state index contributed by atoms with van der Waals surface area (Å²) in [5.41, 5.74) is 5.71. The van der Waals surface area contributed by atoms with Gasteiger partial charge in [-0.3, -0.25) is 0 Å². The zero-order chi connectivity index (χ0) is 20.3. The summed E-state index contributed by atoms with van der Waals surface area (Å²) in [5.74, 6) is -1.09. The minimum atomic E-state index is -0.842. The summed E-state index contributed by atoms with van der Waals surface area (Å²) >= 11 is 0. The Hall–Kier alpha value is -2.82. The number of halogens is 2. The number of furan rings is 1. The van der Waals surface area contributed by atoms with Crippen LogP contribution in [0.5, 0.6) is 0 Å². The smallest absolute Gasteiger partial charge is 0.232 e. The third-order valence-corrected chi connectivity index (χ3v) is 5.50. The molecule has 0 bridgehead atoms. The van der Waals surface area contributed by atoms with Crippen molar-refractivity contribution in [2.75, 3.05) is 0 Å². The van der Waals surface area contributed by atoms with E-state index in [9.17, 15) is 8.78 Å². The summed E-state index contributed by atoms with van der Waals surface area (Å²) in [6, 6.07) is 5.92. The molecule has 4 aromatic rings. The van der Waals surface area contributed by atoms with Crippen molar-refractivity contribution in [2.45, 2.75) is 40.5 Å². The summed E-state index contributed by atoms with van der Waals surface area (Å²) in [5, 5.41) is 0.837. The highest BCUT2D eigenvalue weighted by atomic mass is 19.1. The van der Waals surface area contributed by atoms with Gasteiger partial charge < -0.3 is 4.42 Å². The molecule has 5 heteroatoms. The predicted octanol–water partition coefficient (Wildman–Crippen LogP) is 5.80. The molecule has 3 nitrogen and oxygen atoms in total. The summed E-state index contributed by atoms with van der Waals surface area (Å²) in [7, 11) is 1.98. The van der Waals surface area contributed by atoms with Crippen LogP contribution in [0.15, 0.2) is 28.8 Å². The average molecular weight is 381 g/mol. The van der Waals surface area contributed by atoms with E-state index in [4.69, 9.17) is 4.42 Å². The fraction of sp³-hybridized carbons (Fsp3) is 0.304. The molecule has 1 aromatic carbocycles. The lowest BCUT2D eigenvalue weighted by Gasteiger charge is -2.12. The Morgan fingerprint density at radius 1 is 1.07 bits per heavy atom. The molecule has 0 aliphatic rings. The molecule has 3 aromatic heterocycles. The normalized spacial score (nSPS) is 11.9. The van der Waals surface area contributed by atoms with Crippen molar-refractivity contribution in [1.29, 1.82) is 0 Å². The SMILES string of the molecule is Cc1c[n+](C)c(-c2c(C)ccc3c2oc2nc(F)c(C)c(F)c23)cc1C(C)C. The van der Waals surface area contributed by atoms with E-state index in [1.54, 1.807) is 0 Å². The Kier molecular flexibility index (Phi) is 4.21. The van der Waals surface area contributed by atoms with Crippen LogP contribution in [0.25, 0.3) is 33.3 Å². The summed E-state index contributed by atoms with van der Waals surface area (Å²) in [6.07, 6.45) is 2.09. The van der Waals surface area contributed by atoms with Gasteiger partial charge in [0.2, 0.25) is 17.4 Å². The molecule has 0 aliphatic carbocycles. The lowest BCUT2D eigenvalue weighted by molar-refractivity contribution is -0.660. The number of hydrogen-bond donors (Lipinski definition) is 0. The molecule has 0 saturated carbocycles. The predicted molar refractivity (Wildman–Crippen MR) is 106 cm³/mol. The summed E-state index contributed by atoms with van der Waals surface area (Å²) in [6.45, 7) is 9.79.